The molecule has 3 N–H and O–H groups in total. The number of carbonyl (C=O) groups excluding carboxylic acids is 2. The maximum atomic E-state index is 12.4. The molecule has 0 unspecified atom stereocenters. The van der Waals surface area contributed by atoms with Crippen LogP contribution in [0.5, 0.6) is 0 Å². The van der Waals surface area contributed by atoms with Gasteiger partial charge in [0.25, 0.3) is 0 Å². The lowest BCUT2D eigenvalue weighted by atomic mass is 10.0. The molecule has 1 heterocycles. The van der Waals surface area contributed by atoms with Crippen LogP contribution < -0.4 is 16.0 Å². The predicted octanol–water partition coefficient (Wildman–Crippen LogP) is 3.03. The molecule has 0 aliphatic carbocycles. The number of hydrogen-bond acceptors (Lipinski definition) is 4. The molecule has 1 aromatic carbocycles. The Bertz CT molecular complexity index is 694. The second kappa shape index (κ2) is 10.6. The van der Waals surface area contributed by atoms with E-state index in [0.717, 1.165) is 5.56 Å². The third-order valence-electron chi connectivity index (χ3n) is 4.71. The normalized spacial score (nSPS) is 18.2. The van der Waals surface area contributed by atoms with Gasteiger partial charge in [-0.3, -0.25) is 4.79 Å². The van der Waals surface area contributed by atoms with E-state index in [1.807, 2.05) is 42.6 Å². The summed E-state index contributed by atoms with van der Waals surface area (Å²) in [4.78, 5) is 23.3. The molecular formula is C20H28F3N3O4. The van der Waals surface area contributed by atoms with Gasteiger partial charge in [-0.25, -0.2) is 4.79 Å². The van der Waals surface area contributed by atoms with Crippen LogP contribution in [0.4, 0.5) is 18.0 Å². The molecule has 0 bridgehead atoms. The predicted molar refractivity (Wildman–Crippen MR) is 104 cm³/mol. The number of hydrogen-bond donors (Lipinski definition) is 3. The minimum absolute atomic E-state index is 0.0306. The third-order valence-corrected chi connectivity index (χ3v) is 4.71. The molecule has 2 atom stereocenters. The number of alkyl halides is 3. The number of benzene rings is 1. The quantitative estimate of drug-likeness (QED) is 0.590. The summed E-state index contributed by atoms with van der Waals surface area (Å²) in [5.74, 6) is -3.18. The van der Waals surface area contributed by atoms with Crippen LogP contribution in [0.3, 0.4) is 0 Å². The van der Waals surface area contributed by atoms with Gasteiger partial charge in [0.1, 0.15) is 0 Å². The zero-order chi connectivity index (χ0) is 22.2. The van der Waals surface area contributed by atoms with E-state index >= 15 is 0 Å². The molecule has 1 aromatic rings. The highest BCUT2D eigenvalue weighted by Gasteiger charge is 2.40. The largest absolute Gasteiger partial charge is 0.471 e. The average Bonchev–Trinajstić information content (AvgIpc) is 2.68. The van der Waals surface area contributed by atoms with Crippen molar-refractivity contribution in [3.63, 3.8) is 0 Å². The fourth-order valence-corrected chi connectivity index (χ4v) is 3.25. The van der Waals surface area contributed by atoms with Crippen LogP contribution in [0.15, 0.2) is 30.3 Å². The fraction of sp³-hybridized carbons (Fsp3) is 0.600. The van der Waals surface area contributed by atoms with Crippen molar-refractivity contribution in [2.75, 3.05) is 19.8 Å². The number of halogens is 3. The summed E-state index contributed by atoms with van der Waals surface area (Å²) in [6.45, 7) is 4.12. The van der Waals surface area contributed by atoms with Crippen LogP contribution in [0.25, 0.3) is 0 Å². The first-order valence-electron chi connectivity index (χ1n) is 9.86. The SMILES string of the molecule is C[C@H](CC1(CCNC(=O)C(F)(F)F)OCCCO1)NC(=O)N[C@H](C)c1ccccc1. The zero-order valence-corrected chi connectivity index (χ0v) is 17.1. The maximum absolute atomic E-state index is 12.4. The minimum atomic E-state index is -4.94. The van der Waals surface area contributed by atoms with Crippen LogP contribution >= 0.6 is 0 Å². The van der Waals surface area contributed by atoms with Crippen LogP contribution in [0.2, 0.25) is 0 Å². The molecule has 1 fully saturated rings. The third kappa shape index (κ3) is 7.49. The number of urea groups is 1. The molecule has 30 heavy (non-hydrogen) atoms. The van der Waals surface area contributed by atoms with Crippen molar-refractivity contribution >= 4 is 11.9 Å². The number of ether oxygens (including phenoxy) is 2. The summed E-state index contributed by atoms with van der Waals surface area (Å²) < 4.78 is 48.5. The molecule has 7 nitrogen and oxygen atoms in total. The van der Waals surface area contributed by atoms with Crippen LogP contribution in [0, 0.1) is 0 Å². The lowest BCUT2D eigenvalue weighted by molar-refractivity contribution is -0.274. The maximum Gasteiger partial charge on any atom is 0.471 e. The Labute approximate surface area is 173 Å². The van der Waals surface area contributed by atoms with E-state index in [4.69, 9.17) is 9.47 Å². The molecule has 1 aliphatic rings. The molecule has 0 radical (unpaired) electrons. The molecule has 1 aliphatic heterocycles. The Kier molecular flexibility index (Phi) is 8.48. The van der Waals surface area contributed by atoms with Crippen LogP contribution in [0.1, 0.15) is 44.7 Å². The molecule has 0 saturated carbocycles. The van der Waals surface area contributed by atoms with E-state index in [0.29, 0.717) is 19.6 Å². The van der Waals surface area contributed by atoms with Gasteiger partial charge in [0, 0.05) is 25.4 Å². The molecule has 168 valence electrons. The highest BCUT2D eigenvalue weighted by molar-refractivity contribution is 5.81. The standard InChI is InChI=1S/C20H28F3N3O4/c1-14(25-18(28)26-15(2)16-7-4-3-5-8-16)13-19(29-11-6-12-30-19)9-10-24-17(27)20(21,22)23/h3-5,7-8,14-15H,6,9-13H2,1-2H3,(H,24,27)(H2,25,26,28)/t14-,15-/m1/s1. The Balaban J connectivity index is 1.87. The van der Waals surface area contributed by atoms with Gasteiger partial charge in [0.15, 0.2) is 5.79 Å². The Hall–Kier alpha value is -2.33. The summed E-state index contributed by atoms with van der Waals surface area (Å²) in [5, 5.41) is 7.47. The van der Waals surface area contributed by atoms with Crippen LogP contribution in [-0.2, 0) is 14.3 Å². The first kappa shape index (κ1) is 23.9. The van der Waals surface area contributed by atoms with Gasteiger partial charge in [-0.2, -0.15) is 13.2 Å². The number of rotatable bonds is 8. The summed E-state index contributed by atoms with van der Waals surface area (Å²) in [7, 11) is 0. The fourth-order valence-electron chi connectivity index (χ4n) is 3.25. The van der Waals surface area contributed by atoms with Crippen molar-refractivity contribution in [1.29, 1.82) is 0 Å². The molecule has 1 saturated heterocycles. The number of nitrogens with one attached hydrogen (secondary N) is 3. The molecule has 3 amide bonds. The van der Waals surface area contributed by atoms with E-state index < -0.39 is 17.9 Å². The Morgan fingerprint density at radius 3 is 2.33 bits per heavy atom. The van der Waals surface area contributed by atoms with Gasteiger partial charge in [-0.15, -0.1) is 0 Å². The molecule has 10 heteroatoms. The van der Waals surface area contributed by atoms with Gasteiger partial charge in [0.2, 0.25) is 0 Å². The van der Waals surface area contributed by atoms with Crippen molar-refractivity contribution in [3.8, 4) is 0 Å². The lowest BCUT2D eigenvalue weighted by Gasteiger charge is -2.39. The monoisotopic (exact) mass is 431 g/mol. The van der Waals surface area contributed by atoms with E-state index in [1.54, 1.807) is 6.92 Å². The van der Waals surface area contributed by atoms with Gasteiger partial charge in [-0.1, -0.05) is 30.3 Å². The van der Waals surface area contributed by atoms with Gasteiger partial charge >= 0.3 is 18.1 Å². The van der Waals surface area contributed by atoms with E-state index in [-0.39, 0.29) is 37.5 Å². The first-order chi connectivity index (χ1) is 14.1. The average molecular weight is 431 g/mol. The highest BCUT2D eigenvalue weighted by Crippen LogP contribution is 2.28. The van der Waals surface area contributed by atoms with Gasteiger partial charge in [0.05, 0.1) is 19.3 Å². The number of amides is 3. The molecule has 0 spiro atoms. The van der Waals surface area contributed by atoms with E-state index in [1.165, 1.54) is 0 Å². The van der Waals surface area contributed by atoms with E-state index in [9.17, 15) is 22.8 Å². The van der Waals surface area contributed by atoms with Crippen molar-refractivity contribution in [2.24, 2.45) is 0 Å². The number of carbonyl (C=O) groups is 2. The first-order valence-corrected chi connectivity index (χ1v) is 9.86. The second-order valence-electron chi connectivity index (χ2n) is 7.32. The topological polar surface area (TPSA) is 88.7 Å². The van der Waals surface area contributed by atoms with Gasteiger partial charge < -0.3 is 25.4 Å². The second-order valence-corrected chi connectivity index (χ2v) is 7.32. The summed E-state index contributed by atoms with van der Waals surface area (Å²) in [6.07, 6.45) is -4.03. The lowest BCUT2D eigenvalue weighted by Crippen LogP contribution is -2.50. The van der Waals surface area contributed by atoms with Crippen molar-refractivity contribution in [1.82, 2.24) is 16.0 Å². The highest BCUT2D eigenvalue weighted by atomic mass is 19.4. The smallest absolute Gasteiger partial charge is 0.350 e. The van der Waals surface area contributed by atoms with Crippen molar-refractivity contribution in [3.05, 3.63) is 35.9 Å². The van der Waals surface area contributed by atoms with E-state index in [2.05, 4.69) is 10.6 Å². The Morgan fingerprint density at radius 1 is 1.10 bits per heavy atom. The summed E-state index contributed by atoms with van der Waals surface area (Å²) in [5.41, 5.74) is 0.955. The summed E-state index contributed by atoms with van der Waals surface area (Å²) in [6, 6.07) is 8.50. The van der Waals surface area contributed by atoms with Crippen molar-refractivity contribution in [2.45, 2.75) is 57.2 Å². The zero-order valence-electron chi connectivity index (χ0n) is 17.1. The molecule has 2 rings (SSSR count). The van der Waals surface area contributed by atoms with Crippen molar-refractivity contribution < 1.29 is 32.2 Å². The molecular weight excluding hydrogens is 403 g/mol. The minimum Gasteiger partial charge on any atom is -0.350 e. The summed E-state index contributed by atoms with van der Waals surface area (Å²) >= 11 is 0. The van der Waals surface area contributed by atoms with Gasteiger partial charge in [-0.05, 0) is 25.8 Å². The molecule has 0 aromatic heterocycles. The Morgan fingerprint density at radius 2 is 1.73 bits per heavy atom. The van der Waals surface area contributed by atoms with Crippen LogP contribution in [-0.4, -0.2) is 49.7 Å².